The number of ether oxygens (including phenoxy) is 1. The van der Waals surface area contributed by atoms with E-state index in [9.17, 15) is 9.59 Å². The molecule has 1 amide bonds. The molecule has 7 heteroatoms. The summed E-state index contributed by atoms with van der Waals surface area (Å²) in [4.78, 5) is 29.7. The number of amides is 1. The molecule has 0 unspecified atom stereocenters. The number of nitrogens with zero attached hydrogens (tertiary/aromatic N) is 3. The predicted octanol–water partition coefficient (Wildman–Crippen LogP) is 6.20. The van der Waals surface area contributed by atoms with Crippen LogP contribution < -0.4 is 14.8 Å². The Kier molecular flexibility index (Phi) is 9.29. The molecule has 2 aromatic carbocycles. The van der Waals surface area contributed by atoms with Gasteiger partial charge in [0.1, 0.15) is 31.0 Å². The van der Waals surface area contributed by atoms with E-state index in [1.807, 2.05) is 24.3 Å². The van der Waals surface area contributed by atoms with Crippen LogP contribution in [0.4, 0.5) is 5.69 Å². The lowest BCUT2D eigenvalue weighted by atomic mass is 9.90. The number of esters is 1. The quantitative estimate of drug-likeness (QED) is 0.102. The SMILES string of the molecule is C=C(C)C(=O)OCCN(C)C(=O)c1ccccc1-c1c2ccc(=[N+](CC)CC)cc-2oc2cc(N3CCCCC3)ccc12. The van der Waals surface area contributed by atoms with Crippen molar-refractivity contribution in [3.63, 3.8) is 0 Å². The van der Waals surface area contributed by atoms with Crippen molar-refractivity contribution >= 4 is 28.5 Å². The number of hydrogen-bond acceptors (Lipinski definition) is 5. The van der Waals surface area contributed by atoms with E-state index in [1.165, 1.54) is 19.3 Å². The molecule has 7 nitrogen and oxygen atoms in total. The van der Waals surface area contributed by atoms with Crippen LogP contribution >= 0.6 is 0 Å². The lowest BCUT2D eigenvalue weighted by Crippen LogP contribution is -2.31. The largest absolute Gasteiger partial charge is 0.460 e. The summed E-state index contributed by atoms with van der Waals surface area (Å²) in [5.74, 6) is 0.180. The third-order valence-corrected chi connectivity index (χ3v) is 8.32. The number of rotatable bonds is 9. The van der Waals surface area contributed by atoms with Crippen molar-refractivity contribution in [3.05, 3.63) is 83.7 Å². The second-order valence-corrected chi connectivity index (χ2v) is 11.2. The second-order valence-electron chi connectivity index (χ2n) is 11.2. The molecule has 0 spiro atoms. The Morgan fingerprint density at radius 2 is 1.72 bits per heavy atom. The number of anilines is 1. The molecule has 0 radical (unpaired) electrons. The number of fused-ring (bicyclic) bond motifs is 2. The molecule has 0 bridgehead atoms. The summed E-state index contributed by atoms with van der Waals surface area (Å²) in [6, 6.07) is 20.6. The minimum Gasteiger partial charge on any atom is -0.460 e. The number of carbonyl (C=O) groups excluding carboxylic acids is 2. The van der Waals surface area contributed by atoms with E-state index in [1.54, 1.807) is 18.9 Å². The molecule has 2 aromatic rings. The molecule has 2 heterocycles. The summed E-state index contributed by atoms with van der Waals surface area (Å²) < 4.78 is 14.2. The summed E-state index contributed by atoms with van der Waals surface area (Å²) in [5.41, 5.74) is 5.63. The highest BCUT2D eigenvalue weighted by Crippen LogP contribution is 2.42. The van der Waals surface area contributed by atoms with Crippen molar-refractivity contribution in [3.8, 4) is 22.5 Å². The van der Waals surface area contributed by atoms with Crippen molar-refractivity contribution in [1.29, 1.82) is 0 Å². The molecule has 3 aliphatic rings. The van der Waals surface area contributed by atoms with Crippen molar-refractivity contribution in [1.82, 2.24) is 9.48 Å². The van der Waals surface area contributed by atoms with E-state index < -0.39 is 5.97 Å². The van der Waals surface area contributed by atoms with Crippen molar-refractivity contribution in [2.24, 2.45) is 0 Å². The standard InChI is InChI=1S/C36H42N3O4/c1-6-38(7-2)26-15-17-30-32(23-26)43-33-24-27(39-19-11-8-12-20-39)16-18-31(33)34(30)28-13-9-10-14-29(28)35(40)37(5)21-22-42-36(41)25(3)4/h9-10,13-18,23-24H,3,6-8,11-12,19-22H2,1-2,4-5H3/q+1. The van der Waals surface area contributed by atoms with Crippen molar-refractivity contribution < 1.29 is 18.7 Å². The maximum Gasteiger partial charge on any atom is 0.333 e. The summed E-state index contributed by atoms with van der Waals surface area (Å²) in [6.45, 7) is 13.8. The van der Waals surface area contributed by atoms with E-state index in [2.05, 4.69) is 66.3 Å². The molecule has 224 valence electrons. The Balaban J connectivity index is 1.65. The first-order chi connectivity index (χ1) is 20.8. The Labute approximate surface area is 254 Å². The van der Waals surface area contributed by atoms with Gasteiger partial charge in [-0.3, -0.25) is 4.79 Å². The molecule has 0 aromatic heterocycles. The number of carbonyl (C=O) groups is 2. The number of benzene rings is 3. The number of piperidine rings is 1. The molecule has 1 fully saturated rings. The summed E-state index contributed by atoms with van der Waals surface area (Å²) >= 11 is 0. The molecule has 2 aliphatic heterocycles. The van der Waals surface area contributed by atoms with E-state index >= 15 is 0 Å². The molecule has 1 saturated heterocycles. The normalized spacial score (nSPS) is 13.3. The van der Waals surface area contributed by atoms with Crippen molar-refractivity contribution in [2.75, 3.05) is 51.3 Å². The molecule has 0 atom stereocenters. The van der Waals surface area contributed by atoms with Crippen molar-refractivity contribution in [2.45, 2.75) is 40.0 Å². The summed E-state index contributed by atoms with van der Waals surface area (Å²) in [7, 11) is 1.73. The molecule has 5 rings (SSSR count). The highest BCUT2D eigenvalue weighted by atomic mass is 16.5. The lowest BCUT2D eigenvalue weighted by Gasteiger charge is -2.29. The minimum atomic E-state index is -0.458. The maximum atomic E-state index is 13.8. The molecule has 0 saturated carbocycles. The van der Waals surface area contributed by atoms with Gasteiger partial charge in [-0.15, -0.1) is 0 Å². The smallest absolute Gasteiger partial charge is 0.333 e. The molecule has 1 aliphatic carbocycles. The van der Waals surface area contributed by atoms with Crippen LogP contribution in [-0.2, 0) is 9.53 Å². The van der Waals surface area contributed by atoms with Gasteiger partial charge in [-0.05, 0) is 69.9 Å². The fourth-order valence-corrected chi connectivity index (χ4v) is 5.89. The fourth-order valence-electron chi connectivity index (χ4n) is 5.89. The lowest BCUT2D eigenvalue weighted by molar-refractivity contribution is -0.139. The van der Waals surface area contributed by atoms with Crippen LogP contribution in [0.15, 0.2) is 77.2 Å². The van der Waals surface area contributed by atoms with Crippen LogP contribution in [0.5, 0.6) is 0 Å². The van der Waals surface area contributed by atoms with Gasteiger partial charge in [0.05, 0.1) is 12.6 Å². The van der Waals surface area contributed by atoms with Crippen LogP contribution in [0.25, 0.3) is 33.4 Å². The predicted molar refractivity (Wildman–Crippen MR) is 173 cm³/mol. The van der Waals surface area contributed by atoms with Gasteiger partial charge < -0.3 is 19.0 Å². The van der Waals surface area contributed by atoms with E-state index in [4.69, 9.17) is 9.15 Å². The maximum absolute atomic E-state index is 13.8. The van der Waals surface area contributed by atoms with Gasteiger partial charge in [-0.1, -0.05) is 24.8 Å². The molecular formula is C36H42N3O4+. The first-order valence-electron chi connectivity index (χ1n) is 15.3. The average molecular weight is 581 g/mol. The van der Waals surface area contributed by atoms with Crippen LogP contribution in [0.2, 0.25) is 0 Å². The molecular weight excluding hydrogens is 538 g/mol. The Bertz CT molecular complexity index is 1690. The zero-order valence-electron chi connectivity index (χ0n) is 25.8. The van der Waals surface area contributed by atoms with Crippen LogP contribution in [0.3, 0.4) is 0 Å². The Hall–Kier alpha value is -4.39. The van der Waals surface area contributed by atoms with Gasteiger partial charge in [-0.25, -0.2) is 9.37 Å². The molecule has 43 heavy (non-hydrogen) atoms. The van der Waals surface area contributed by atoms with Gasteiger partial charge in [0.2, 0.25) is 5.36 Å². The Morgan fingerprint density at radius 1 is 0.977 bits per heavy atom. The van der Waals surface area contributed by atoms with Crippen LogP contribution in [0.1, 0.15) is 50.4 Å². The topological polar surface area (TPSA) is 66.0 Å². The first-order valence-corrected chi connectivity index (χ1v) is 15.3. The minimum absolute atomic E-state index is 0.0968. The van der Waals surface area contributed by atoms with Gasteiger partial charge in [0.15, 0.2) is 0 Å². The monoisotopic (exact) mass is 580 g/mol. The third kappa shape index (κ3) is 6.36. The fraction of sp³-hybridized carbons (Fsp3) is 0.361. The van der Waals surface area contributed by atoms with Crippen LogP contribution in [-0.4, -0.2) is 63.2 Å². The van der Waals surface area contributed by atoms with Crippen LogP contribution in [0, 0.1) is 0 Å². The number of hydrogen-bond donors (Lipinski definition) is 0. The zero-order valence-corrected chi connectivity index (χ0v) is 25.8. The third-order valence-electron chi connectivity index (χ3n) is 8.32. The molecule has 0 N–H and O–H groups in total. The highest BCUT2D eigenvalue weighted by molar-refractivity contribution is 6.09. The van der Waals surface area contributed by atoms with Gasteiger partial charge in [0.25, 0.3) is 5.91 Å². The number of likely N-dealkylation sites (N-methyl/N-ethyl adjacent to an activating group) is 1. The van der Waals surface area contributed by atoms with E-state index in [0.717, 1.165) is 70.6 Å². The van der Waals surface area contributed by atoms with Gasteiger partial charge in [-0.2, -0.15) is 0 Å². The van der Waals surface area contributed by atoms with Gasteiger partial charge in [0, 0.05) is 65.6 Å². The van der Waals surface area contributed by atoms with Gasteiger partial charge >= 0.3 is 5.97 Å². The summed E-state index contributed by atoms with van der Waals surface area (Å²) in [5, 5.41) is 2.06. The second kappa shape index (κ2) is 13.3. The van der Waals surface area contributed by atoms with E-state index in [0.29, 0.717) is 11.1 Å². The average Bonchev–Trinajstić information content (AvgIpc) is 3.03. The summed E-state index contributed by atoms with van der Waals surface area (Å²) in [6.07, 6.45) is 3.66. The van der Waals surface area contributed by atoms with E-state index in [-0.39, 0.29) is 19.1 Å². The Morgan fingerprint density at radius 3 is 2.44 bits per heavy atom. The zero-order chi connectivity index (χ0) is 30.5. The highest BCUT2D eigenvalue weighted by Gasteiger charge is 2.24. The first kappa shape index (κ1) is 30.1.